The van der Waals surface area contributed by atoms with Crippen molar-refractivity contribution in [2.45, 2.75) is 27.7 Å². The Kier molecular flexibility index (Phi) is 7.16. The summed E-state index contributed by atoms with van der Waals surface area (Å²) in [6.07, 6.45) is 5.86. The summed E-state index contributed by atoms with van der Waals surface area (Å²) in [5, 5.41) is 4.23. The summed E-state index contributed by atoms with van der Waals surface area (Å²) >= 11 is 0. The molecule has 32 heavy (non-hydrogen) atoms. The Labute approximate surface area is 192 Å². The first-order valence-electron chi connectivity index (χ1n) is 10.8. The summed E-state index contributed by atoms with van der Waals surface area (Å²) in [7, 11) is -2.24. The molecule has 3 aromatic rings. The van der Waals surface area contributed by atoms with Crippen LogP contribution >= 0.6 is 7.14 Å². The molecule has 1 heterocycles. The van der Waals surface area contributed by atoms with E-state index in [1.807, 2.05) is 25.2 Å². The Balaban J connectivity index is 2.34. The molecule has 0 unspecified atom stereocenters. The number of rotatable bonds is 4. The lowest BCUT2D eigenvalue weighted by atomic mass is 9.97. The Morgan fingerprint density at radius 2 is 1.69 bits per heavy atom. The van der Waals surface area contributed by atoms with Crippen molar-refractivity contribution in [1.82, 2.24) is 4.98 Å². The van der Waals surface area contributed by atoms with Crippen LogP contribution in [0.2, 0.25) is 0 Å². The fourth-order valence-corrected chi connectivity index (χ4v) is 4.11. The molecule has 3 heteroatoms. The molecule has 3 rings (SSSR count). The van der Waals surface area contributed by atoms with Gasteiger partial charge in [-0.15, -0.1) is 0 Å². The molecule has 0 N–H and O–H groups in total. The van der Waals surface area contributed by atoms with E-state index in [0.717, 1.165) is 49.4 Å². The molecule has 0 saturated carbocycles. The summed E-state index contributed by atoms with van der Waals surface area (Å²) in [6, 6.07) is 19.0. The zero-order valence-electron chi connectivity index (χ0n) is 19.9. The summed E-state index contributed by atoms with van der Waals surface area (Å²) < 4.78 is 12.3. The Morgan fingerprint density at radius 1 is 0.969 bits per heavy atom. The van der Waals surface area contributed by atoms with Crippen LogP contribution in [-0.2, 0) is 4.57 Å². The van der Waals surface area contributed by atoms with Gasteiger partial charge in [0.2, 0.25) is 0 Å². The lowest BCUT2D eigenvalue weighted by Crippen LogP contribution is -1.90. The molecular formula is C29H32NOP. The minimum Gasteiger partial charge on any atom is -0.320 e. The van der Waals surface area contributed by atoms with Crippen LogP contribution < -0.4 is 0 Å². The molecule has 2 aromatic carbocycles. The van der Waals surface area contributed by atoms with Gasteiger partial charge in [-0.05, 0) is 80.1 Å². The van der Waals surface area contributed by atoms with Crippen LogP contribution in [0, 0.1) is 20.8 Å². The zero-order chi connectivity index (χ0) is 23.5. The molecule has 0 aliphatic rings. The zero-order valence-corrected chi connectivity index (χ0v) is 20.8. The molecule has 0 amide bonds. The van der Waals surface area contributed by atoms with Gasteiger partial charge in [-0.1, -0.05) is 73.3 Å². The van der Waals surface area contributed by atoms with E-state index in [-0.39, 0.29) is 0 Å². The summed E-state index contributed by atoms with van der Waals surface area (Å²) in [4.78, 5) is 5.05. The number of hydrogen-bond donors (Lipinski definition) is 0. The lowest BCUT2D eigenvalue weighted by Gasteiger charge is -2.10. The van der Waals surface area contributed by atoms with Crippen LogP contribution in [0.15, 0.2) is 84.7 Å². The van der Waals surface area contributed by atoms with E-state index in [1.54, 1.807) is 13.3 Å². The van der Waals surface area contributed by atoms with Gasteiger partial charge < -0.3 is 4.57 Å². The van der Waals surface area contributed by atoms with Crippen molar-refractivity contribution in [2.24, 2.45) is 0 Å². The smallest absolute Gasteiger partial charge is 0.105 e. The van der Waals surface area contributed by atoms with Crippen molar-refractivity contribution in [3.05, 3.63) is 107 Å². The van der Waals surface area contributed by atoms with Gasteiger partial charge in [-0.3, -0.25) is 4.98 Å². The molecule has 0 radical (unpaired) electrons. The second-order valence-corrected chi connectivity index (χ2v) is 12.1. The van der Waals surface area contributed by atoms with Gasteiger partial charge in [0.25, 0.3) is 0 Å². The first-order valence-corrected chi connectivity index (χ1v) is 13.4. The Hall–Kier alpha value is -2.96. The average Bonchev–Trinajstić information content (AvgIpc) is 2.73. The van der Waals surface area contributed by atoms with Crippen LogP contribution in [0.4, 0.5) is 0 Å². The SMILES string of the molecule is C=C(/C=C\C=C(/C)P(C)(C)=O)c1c(C)ccc2ccccc2c(C)nc2cc(C)ccc12. The van der Waals surface area contributed by atoms with Gasteiger partial charge in [0, 0.05) is 16.5 Å². The normalized spacial score (nSPS) is 12.4. The first kappa shape index (κ1) is 23.7. The fraction of sp³-hybridized carbons (Fsp3) is 0.207. The van der Waals surface area contributed by atoms with Crippen molar-refractivity contribution >= 4 is 34.4 Å². The van der Waals surface area contributed by atoms with Gasteiger partial charge in [0.05, 0.1) is 5.52 Å². The minimum atomic E-state index is -2.24. The molecule has 0 aliphatic heterocycles. The van der Waals surface area contributed by atoms with E-state index in [1.165, 1.54) is 5.56 Å². The number of benzene rings is 2. The predicted molar refractivity (Wildman–Crippen MR) is 142 cm³/mol. The predicted octanol–water partition coefficient (Wildman–Crippen LogP) is 8.53. The fourth-order valence-electron chi connectivity index (χ4n) is 3.66. The van der Waals surface area contributed by atoms with E-state index >= 15 is 0 Å². The topological polar surface area (TPSA) is 30.0 Å². The van der Waals surface area contributed by atoms with Crippen LogP contribution in [-0.4, -0.2) is 18.3 Å². The van der Waals surface area contributed by atoms with E-state index in [9.17, 15) is 4.57 Å². The third-order valence-corrected chi connectivity index (χ3v) is 7.62. The van der Waals surface area contributed by atoms with Gasteiger partial charge in [0.15, 0.2) is 0 Å². The number of allylic oxidation sites excluding steroid dienone is 5. The summed E-state index contributed by atoms with van der Waals surface area (Å²) in [5.41, 5.74) is 6.16. The molecule has 2 nitrogen and oxygen atoms in total. The van der Waals surface area contributed by atoms with Gasteiger partial charge >= 0.3 is 0 Å². The second kappa shape index (κ2) is 9.67. The van der Waals surface area contributed by atoms with Crippen LogP contribution in [0.5, 0.6) is 0 Å². The van der Waals surface area contributed by atoms with E-state index in [4.69, 9.17) is 4.98 Å². The van der Waals surface area contributed by atoms with Crippen molar-refractivity contribution < 1.29 is 4.57 Å². The van der Waals surface area contributed by atoms with Gasteiger partial charge in [0.1, 0.15) is 7.14 Å². The van der Waals surface area contributed by atoms with E-state index in [0.29, 0.717) is 0 Å². The highest BCUT2D eigenvalue weighted by Gasteiger charge is 2.09. The molecule has 0 spiro atoms. The highest BCUT2D eigenvalue weighted by Crippen LogP contribution is 2.45. The van der Waals surface area contributed by atoms with Gasteiger partial charge in [-0.2, -0.15) is 0 Å². The van der Waals surface area contributed by atoms with Crippen molar-refractivity contribution in [3.63, 3.8) is 0 Å². The van der Waals surface area contributed by atoms with Gasteiger partial charge in [-0.25, -0.2) is 0 Å². The maximum Gasteiger partial charge on any atom is 0.105 e. The second-order valence-electron chi connectivity index (χ2n) is 8.74. The van der Waals surface area contributed by atoms with E-state index in [2.05, 4.69) is 81.9 Å². The first-order chi connectivity index (χ1) is 15.1. The molecule has 0 fully saturated rings. The summed E-state index contributed by atoms with van der Waals surface area (Å²) in [6.45, 7) is 16.1. The van der Waals surface area contributed by atoms with Crippen LogP contribution in [0.25, 0.3) is 27.2 Å². The highest BCUT2D eigenvalue weighted by atomic mass is 31.2. The highest BCUT2D eigenvalue weighted by molar-refractivity contribution is 7.66. The molecule has 0 saturated heterocycles. The number of fused-ring (bicyclic) bond motifs is 2. The van der Waals surface area contributed by atoms with Crippen molar-refractivity contribution in [2.75, 3.05) is 13.3 Å². The third-order valence-electron chi connectivity index (χ3n) is 5.77. The number of nitrogens with zero attached hydrogens (tertiary/aromatic N) is 1. The minimum absolute atomic E-state index is 0.894. The maximum atomic E-state index is 12.3. The number of aromatic nitrogens is 1. The molecule has 164 valence electrons. The van der Waals surface area contributed by atoms with Crippen molar-refractivity contribution in [1.29, 1.82) is 0 Å². The molecule has 0 bridgehead atoms. The number of hydrogen-bond acceptors (Lipinski definition) is 2. The number of aryl methyl sites for hydroxylation is 3. The molecular weight excluding hydrogens is 409 g/mol. The van der Waals surface area contributed by atoms with Crippen LogP contribution in [0.3, 0.4) is 0 Å². The van der Waals surface area contributed by atoms with Crippen molar-refractivity contribution in [3.8, 4) is 0 Å². The van der Waals surface area contributed by atoms with E-state index < -0.39 is 7.14 Å². The largest absolute Gasteiger partial charge is 0.320 e. The Bertz CT molecular complexity index is 1370. The molecule has 1 aromatic heterocycles. The molecule has 0 atom stereocenters. The standard InChI is InChI=1S/C29H32NOP/c1-20-15-18-27-28(19-20)30-24(5)26-14-9-8-13-25(26)17-16-22(3)29(27)21(2)11-10-12-23(4)32(6,7)31/h8-19H,2H2,1,3-7H3/b11-10-,17-16?,22-16?,23-12+,25-17?,26-24?,29-22?,29-27?,30-24?,30-28?. The van der Waals surface area contributed by atoms with Crippen LogP contribution in [0.1, 0.15) is 29.3 Å². The lowest BCUT2D eigenvalue weighted by molar-refractivity contribution is 0.586. The average molecular weight is 442 g/mol. The maximum absolute atomic E-state index is 12.3. The third kappa shape index (κ3) is 5.44. The quantitative estimate of drug-likeness (QED) is 0.300. The molecule has 0 aliphatic carbocycles. The Morgan fingerprint density at radius 3 is 2.41 bits per heavy atom. The summed E-state index contributed by atoms with van der Waals surface area (Å²) in [5.74, 6) is 0. The monoisotopic (exact) mass is 441 g/mol.